The third kappa shape index (κ3) is 6.41. The second-order valence-corrected chi connectivity index (χ2v) is 7.00. The van der Waals surface area contributed by atoms with Gasteiger partial charge in [0.05, 0.1) is 5.56 Å². The van der Waals surface area contributed by atoms with Crippen LogP contribution in [0.15, 0.2) is 30.3 Å². The van der Waals surface area contributed by atoms with E-state index in [2.05, 4.69) is 19.2 Å². The van der Waals surface area contributed by atoms with Gasteiger partial charge in [-0.05, 0) is 42.0 Å². The number of carbonyl (C=O) groups excluding carboxylic acids is 2. The van der Waals surface area contributed by atoms with E-state index in [-0.39, 0.29) is 18.6 Å². The maximum absolute atomic E-state index is 12.5. The van der Waals surface area contributed by atoms with Gasteiger partial charge in [0.25, 0.3) is 5.91 Å². The van der Waals surface area contributed by atoms with Crippen LogP contribution in [-0.2, 0) is 20.5 Å². The van der Waals surface area contributed by atoms with Crippen molar-refractivity contribution in [1.82, 2.24) is 5.32 Å². The Bertz CT molecular complexity index is 683. The fourth-order valence-electron chi connectivity index (χ4n) is 3.17. The average molecular weight is 383 g/mol. The molecule has 1 saturated carbocycles. The first-order valence-corrected chi connectivity index (χ1v) is 8.98. The molecule has 0 spiro atoms. The van der Waals surface area contributed by atoms with Gasteiger partial charge >= 0.3 is 12.1 Å². The van der Waals surface area contributed by atoms with Gasteiger partial charge in [0.15, 0.2) is 6.61 Å². The second-order valence-electron chi connectivity index (χ2n) is 7.00. The predicted molar refractivity (Wildman–Crippen MR) is 95.5 cm³/mol. The quantitative estimate of drug-likeness (QED) is 0.612. The van der Waals surface area contributed by atoms with Crippen molar-refractivity contribution in [3.63, 3.8) is 0 Å². The van der Waals surface area contributed by atoms with E-state index >= 15 is 0 Å². The third-order valence-corrected chi connectivity index (χ3v) is 5.05. The zero-order valence-electron chi connectivity index (χ0n) is 15.4. The molecule has 7 heteroatoms. The van der Waals surface area contributed by atoms with Crippen LogP contribution in [0.5, 0.6) is 0 Å². The van der Waals surface area contributed by atoms with Crippen LogP contribution >= 0.6 is 0 Å². The molecule has 1 fully saturated rings. The molecule has 3 unspecified atom stereocenters. The van der Waals surface area contributed by atoms with Crippen LogP contribution < -0.4 is 5.32 Å². The Hall–Kier alpha value is -2.31. The fraction of sp³-hybridized carbons (Fsp3) is 0.500. The Balaban J connectivity index is 1.78. The highest BCUT2D eigenvalue weighted by Gasteiger charge is 2.30. The Morgan fingerprint density at radius 3 is 2.48 bits per heavy atom. The number of ether oxygens (including phenoxy) is 1. The van der Waals surface area contributed by atoms with Crippen LogP contribution in [0.25, 0.3) is 6.08 Å². The Morgan fingerprint density at radius 1 is 1.19 bits per heavy atom. The van der Waals surface area contributed by atoms with Gasteiger partial charge in [0, 0.05) is 12.1 Å². The number of amides is 1. The highest BCUT2D eigenvalue weighted by atomic mass is 19.4. The number of halogens is 3. The Labute approximate surface area is 156 Å². The molecule has 1 aliphatic carbocycles. The average Bonchev–Trinajstić information content (AvgIpc) is 2.61. The molecule has 148 valence electrons. The molecule has 0 bridgehead atoms. The van der Waals surface area contributed by atoms with Gasteiger partial charge in [0.1, 0.15) is 0 Å². The Kier molecular flexibility index (Phi) is 7.05. The molecular formula is C20H24F3NO3. The molecule has 0 aromatic heterocycles. The molecule has 27 heavy (non-hydrogen) atoms. The first-order chi connectivity index (χ1) is 12.7. The molecule has 1 N–H and O–H groups in total. The highest BCUT2D eigenvalue weighted by Crippen LogP contribution is 2.30. The highest BCUT2D eigenvalue weighted by molar-refractivity contribution is 5.89. The van der Waals surface area contributed by atoms with Crippen molar-refractivity contribution in [2.45, 2.75) is 45.3 Å². The van der Waals surface area contributed by atoms with Gasteiger partial charge in [-0.2, -0.15) is 13.2 Å². The summed E-state index contributed by atoms with van der Waals surface area (Å²) in [5, 5.41) is 2.90. The summed E-state index contributed by atoms with van der Waals surface area (Å²) >= 11 is 0. The SMILES string of the molecule is CC1CCCC(NC(=O)COC(=O)C=Cc2ccc(C(F)(F)F)cc2)C1C. The minimum Gasteiger partial charge on any atom is -0.452 e. The number of benzene rings is 1. The third-order valence-electron chi connectivity index (χ3n) is 5.05. The molecule has 0 aliphatic heterocycles. The number of carbonyl (C=O) groups is 2. The summed E-state index contributed by atoms with van der Waals surface area (Å²) in [4.78, 5) is 23.6. The van der Waals surface area contributed by atoms with Gasteiger partial charge < -0.3 is 10.1 Å². The fourth-order valence-corrected chi connectivity index (χ4v) is 3.17. The number of esters is 1. The molecule has 4 nitrogen and oxygen atoms in total. The number of alkyl halides is 3. The Morgan fingerprint density at radius 2 is 1.85 bits per heavy atom. The van der Waals surface area contributed by atoms with Gasteiger partial charge in [-0.25, -0.2) is 4.79 Å². The molecule has 0 heterocycles. The van der Waals surface area contributed by atoms with Crippen LogP contribution in [0.2, 0.25) is 0 Å². The zero-order chi connectivity index (χ0) is 20.0. The molecule has 2 rings (SSSR count). The van der Waals surface area contributed by atoms with E-state index in [1.54, 1.807) is 0 Å². The van der Waals surface area contributed by atoms with E-state index in [1.807, 2.05) is 0 Å². The molecule has 1 aromatic carbocycles. The predicted octanol–water partition coefficient (Wildman–Crippen LogP) is 4.20. The van der Waals surface area contributed by atoms with Crippen molar-refractivity contribution < 1.29 is 27.5 Å². The summed E-state index contributed by atoms with van der Waals surface area (Å²) in [6.07, 6.45) is 1.15. The van der Waals surface area contributed by atoms with Crippen molar-refractivity contribution in [2.24, 2.45) is 11.8 Å². The molecular weight excluding hydrogens is 359 g/mol. The van der Waals surface area contributed by atoms with E-state index < -0.39 is 17.7 Å². The lowest BCUT2D eigenvalue weighted by atomic mass is 9.78. The van der Waals surface area contributed by atoms with Gasteiger partial charge in [-0.1, -0.05) is 38.8 Å². The van der Waals surface area contributed by atoms with Crippen LogP contribution in [0.1, 0.15) is 44.2 Å². The number of rotatable bonds is 5. The maximum atomic E-state index is 12.5. The van der Waals surface area contributed by atoms with Gasteiger partial charge in [0.2, 0.25) is 0 Å². The van der Waals surface area contributed by atoms with Crippen molar-refractivity contribution in [3.8, 4) is 0 Å². The van der Waals surface area contributed by atoms with E-state index in [0.717, 1.165) is 37.5 Å². The van der Waals surface area contributed by atoms with Crippen LogP contribution in [-0.4, -0.2) is 24.5 Å². The molecule has 1 aliphatic rings. The summed E-state index contributed by atoms with van der Waals surface area (Å²) in [6, 6.07) is 4.47. The van der Waals surface area contributed by atoms with E-state index in [4.69, 9.17) is 4.74 Å². The second kappa shape index (κ2) is 9.06. The molecule has 3 atom stereocenters. The lowest BCUT2D eigenvalue weighted by Crippen LogP contribution is -2.45. The first kappa shape index (κ1) is 21.0. The number of hydrogen-bond donors (Lipinski definition) is 1. The van der Waals surface area contributed by atoms with Crippen molar-refractivity contribution in [1.29, 1.82) is 0 Å². The normalized spacial score (nSPS) is 23.2. The van der Waals surface area contributed by atoms with Crippen LogP contribution in [0.4, 0.5) is 13.2 Å². The molecule has 1 amide bonds. The van der Waals surface area contributed by atoms with E-state index in [1.165, 1.54) is 18.2 Å². The van der Waals surface area contributed by atoms with Crippen molar-refractivity contribution in [2.75, 3.05) is 6.61 Å². The summed E-state index contributed by atoms with van der Waals surface area (Å²) in [5.41, 5.74) is -0.334. The lowest BCUT2D eigenvalue weighted by Gasteiger charge is -2.34. The maximum Gasteiger partial charge on any atom is 0.416 e. The topological polar surface area (TPSA) is 55.4 Å². The van der Waals surface area contributed by atoms with Crippen LogP contribution in [0, 0.1) is 11.8 Å². The van der Waals surface area contributed by atoms with E-state index in [0.29, 0.717) is 17.4 Å². The molecule has 0 radical (unpaired) electrons. The minimum absolute atomic E-state index is 0.0858. The number of hydrogen-bond acceptors (Lipinski definition) is 3. The van der Waals surface area contributed by atoms with Gasteiger partial charge in [-0.3, -0.25) is 4.79 Å². The van der Waals surface area contributed by atoms with Crippen molar-refractivity contribution in [3.05, 3.63) is 41.5 Å². The summed E-state index contributed by atoms with van der Waals surface area (Å²) in [7, 11) is 0. The zero-order valence-corrected chi connectivity index (χ0v) is 15.4. The number of nitrogens with one attached hydrogen (secondary N) is 1. The lowest BCUT2D eigenvalue weighted by molar-refractivity contribution is -0.144. The standard InChI is InChI=1S/C20H24F3NO3/c1-13-4-3-5-17(14(13)2)24-18(25)12-27-19(26)11-8-15-6-9-16(10-7-15)20(21,22)23/h6-11,13-14,17H,3-5,12H2,1-2H3,(H,24,25). The molecule has 0 saturated heterocycles. The first-order valence-electron chi connectivity index (χ1n) is 8.98. The summed E-state index contributed by atoms with van der Waals surface area (Å²) in [6.45, 7) is 3.89. The van der Waals surface area contributed by atoms with Gasteiger partial charge in [-0.15, -0.1) is 0 Å². The summed E-state index contributed by atoms with van der Waals surface area (Å²) < 4.78 is 42.4. The summed E-state index contributed by atoms with van der Waals surface area (Å²) in [5.74, 6) is -0.163. The molecule has 1 aromatic rings. The largest absolute Gasteiger partial charge is 0.452 e. The smallest absolute Gasteiger partial charge is 0.416 e. The van der Waals surface area contributed by atoms with Crippen molar-refractivity contribution >= 4 is 18.0 Å². The van der Waals surface area contributed by atoms with E-state index in [9.17, 15) is 22.8 Å². The minimum atomic E-state index is -4.40. The monoisotopic (exact) mass is 383 g/mol. The van der Waals surface area contributed by atoms with Crippen LogP contribution in [0.3, 0.4) is 0 Å².